The number of hydrogen-bond acceptors (Lipinski definition) is 5. The molecule has 0 saturated heterocycles. The maximum atomic E-state index is 12.0. The molecule has 0 aromatic heterocycles. The third-order valence-electron chi connectivity index (χ3n) is 3.14. The fourth-order valence-electron chi connectivity index (χ4n) is 2.25. The van der Waals surface area contributed by atoms with Gasteiger partial charge in [0.25, 0.3) is 0 Å². The van der Waals surface area contributed by atoms with Crippen LogP contribution < -0.4 is 4.74 Å². The first-order valence-electron chi connectivity index (χ1n) is 8.16. The van der Waals surface area contributed by atoms with E-state index in [9.17, 15) is 9.59 Å². The van der Waals surface area contributed by atoms with Gasteiger partial charge in [0.2, 0.25) is 0 Å². The first-order chi connectivity index (χ1) is 11.1. The Morgan fingerprint density at radius 1 is 1.08 bits per heavy atom. The van der Waals surface area contributed by atoms with Crippen molar-refractivity contribution in [3.8, 4) is 5.75 Å². The molecule has 1 atom stereocenters. The number of ether oxygens (including phenoxy) is 3. The topological polar surface area (TPSA) is 61.8 Å². The van der Waals surface area contributed by atoms with Crippen molar-refractivity contribution < 1.29 is 23.8 Å². The number of rotatable bonds is 7. The van der Waals surface area contributed by atoms with E-state index in [0.717, 1.165) is 11.3 Å². The Morgan fingerprint density at radius 3 is 2.12 bits per heavy atom. The molecular formula is C19H28O5. The highest BCUT2D eigenvalue weighted by Crippen LogP contribution is 2.20. The molecule has 0 amide bonds. The maximum Gasteiger partial charge on any atom is 0.309 e. The van der Waals surface area contributed by atoms with Gasteiger partial charge in [-0.15, -0.1) is 0 Å². The molecule has 5 nitrogen and oxygen atoms in total. The van der Waals surface area contributed by atoms with Gasteiger partial charge in [-0.3, -0.25) is 9.59 Å². The lowest BCUT2D eigenvalue weighted by Crippen LogP contribution is -2.28. The van der Waals surface area contributed by atoms with Gasteiger partial charge in [0.1, 0.15) is 11.4 Å². The molecule has 0 saturated carbocycles. The van der Waals surface area contributed by atoms with Crippen LogP contribution in [-0.4, -0.2) is 30.8 Å². The van der Waals surface area contributed by atoms with Crippen molar-refractivity contribution in [3.63, 3.8) is 0 Å². The Kier molecular flexibility index (Phi) is 7.26. The third kappa shape index (κ3) is 7.49. The van der Waals surface area contributed by atoms with Crippen LogP contribution in [0.4, 0.5) is 0 Å². The Hall–Kier alpha value is -2.04. The predicted molar refractivity (Wildman–Crippen MR) is 91.9 cm³/mol. The third-order valence-corrected chi connectivity index (χ3v) is 3.14. The average molecular weight is 336 g/mol. The van der Waals surface area contributed by atoms with E-state index in [-0.39, 0.29) is 12.5 Å². The van der Waals surface area contributed by atoms with Crippen LogP contribution in [-0.2, 0) is 25.5 Å². The Bertz CT molecular complexity index is 540. The Morgan fingerprint density at radius 2 is 1.67 bits per heavy atom. The standard InChI is InChI=1S/C19H28O5/c1-13(2)23-16-9-7-14(8-10-16)11-15(18(21)22-6)12-17(20)24-19(3,4)5/h7-10,13,15H,11-12H2,1-6H3. The zero-order valence-electron chi connectivity index (χ0n) is 15.4. The number of carbonyl (C=O) groups is 2. The van der Waals surface area contributed by atoms with E-state index in [1.807, 2.05) is 38.1 Å². The number of hydrogen-bond donors (Lipinski definition) is 0. The van der Waals surface area contributed by atoms with E-state index >= 15 is 0 Å². The highest BCUT2D eigenvalue weighted by Gasteiger charge is 2.26. The van der Waals surface area contributed by atoms with Crippen LogP contribution in [0.3, 0.4) is 0 Å². The molecule has 0 bridgehead atoms. The highest BCUT2D eigenvalue weighted by atomic mass is 16.6. The zero-order valence-corrected chi connectivity index (χ0v) is 15.4. The van der Waals surface area contributed by atoms with Crippen molar-refractivity contribution in [1.29, 1.82) is 0 Å². The molecular weight excluding hydrogens is 308 g/mol. The van der Waals surface area contributed by atoms with Crippen molar-refractivity contribution in [2.45, 2.75) is 59.2 Å². The van der Waals surface area contributed by atoms with E-state index in [4.69, 9.17) is 14.2 Å². The summed E-state index contributed by atoms with van der Waals surface area (Å²) in [6, 6.07) is 7.50. The van der Waals surface area contributed by atoms with Crippen LogP contribution in [0.15, 0.2) is 24.3 Å². The van der Waals surface area contributed by atoms with Crippen LogP contribution in [0.25, 0.3) is 0 Å². The minimum absolute atomic E-state index is 0.00577. The SMILES string of the molecule is COC(=O)C(CC(=O)OC(C)(C)C)Cc1ccc(OC(C)C)cc1. The van der Waals surface area contributed by atoms with Crippen LogP contribution in [0.1, 0.15) is 46.6 Å². The molecule has 0 aliphatic rings. The van der Waals surface area contributed by atoms with Gasteiger partial charge in [-0.1, -0.05) is 12.1 Å². The molecule has 0 heterocycles. The minimum atomic E-state index is -0.576. The second-order valence-electron chi connectivity index (χ2n) is 7.03. The van der Waals surface area contributed by atoms with Gasteiger partial charge in [0, 0.05) is 0 Å². The van der Waals surface area contributed by atoms with E-state index in [1.54, 1.807) is 20.8 Å². The predicted octanol–water partition coefficient (Wildman–Crippen LogP) is 3.54. The summed E-state index contributed by atoms with van der Waals surface area (Å²) < 4.78 is 15.7. The van der Waals surface area contributed by atoms with Gasteiger partial charge in [-0.2, -0.15) is 0 Å². The molecule has 1 rings (SSSR count). The van der Waals surface area contributed by atoms with Gasteiger partial charge in [-0.25, -0.2) is 0 Å². The number of esters is 2. The Balaban J connectivity index is 2.75. The summed E-state index contributed by atoms with van der Waals surface area (Å²) in [5.41, 5.74) is 0.359. The molecule has 5 heteroatoms. The fourth-order valence-corrected chi connectivity index (χ4v) is 2.25. The molecule has 0 aliphatic heterocycles. The summed E-state index contributed by atoms with van der Waals surface area (Å²) >= 11 is 0. The molecule has 0 aliphatic carbocycles. The van der Waals surface area contributed by atoms with Gasteiger partial charge in [0.15, 0.2) is 0 Å². The van der Waals surface area contributed by atoms with Crippen molar-refractivity contribution in [1.82, 2.24) is 0 Å². The zero-order chi connectivity index (χ0) is 18.3. The molecule has 0 fully saturated rings. The molecule has 134 valence electrons. The summed E-state index contributed by atoms with van der Waals surface area (Å²) in [7, 11) is 1.32. The normalized spacial score (nSPS) is 12.6. The van der Waals surface area contributed by atoms with Crippen LogP contribution in [0.2, 0.25) is 0 Å². The molecule has 0 spiro atoms. The smallest absolute Gasteiger partial charge is 0.309 e. The quantitative estimate of drug-likeness (QED) is 0.713. The second kappa shape index (κ2) is 8.71. The average Bonchev–Trinajstić information content (AvgIpc) is 2.45. The summed E-state index contributed by atoms with van der Waals surface area (Å²) in [5.74, 6) is -0.613. The summed E-state index contributed by atoms with van der Waals surface area (Å²) in [6.07, 6.45) is 0.507. The summed E-state index contributed by atoms with van der Waals surface area (Å²) in [4.78, 5) is 24.0. The number of methoxy groups -OCH3 is 1. The van der Waals surface area contributed by atoms with Crippen molar-refractivity contribution >= 4 is 11.9 Å². The van der Waals surface area contributed by atoms with Gasteiger partial charge >= 0.3 is 11.9 Å². The van der Waals surface area contributed by atoms with Gasteiger partial charge in [-0.05, 0) is 58.7 Å². The summed E-state index contributed by atoms with van der Waals surface area (Å²) in [5, 5.41) is 0. The fraction of sp³-hybridized carbons (Fsp3) is 0.579. The van der Waals surface area contributed by atoms with Crippen LogP contribution >= 0.6 is 0 Å². The number of benzene rings is 1. The van der Waals surface area contributed by atoms with Gasteiger partial charge < -0.3 is 14.2 Å². The number of carbonyl (C=O) groups excluding carboxylic acids is 2. The van der Waals surface area contributed by atoms with E-state index in [2.05, 4.69) is 0 Å². The molecule has 0 N–H and O–H groups in total. The maximum absolute atomic E-state index is 12.0. The molecule has 1 aromatic rings. The lowest BCUT2D eigenvalue weighted by atomic mass is 9.96. The van der Waals surface area contributed by atoms with E-state index in [0.29, 0.717) is 6.42 Å². The van der Waals surface area contributed by atoms with Crippen LogP contribution in [0, 0.1) is 5.92 Å². The molecule has 1 aromatic carbocycles. The lowest BCUT2D eigenvalue weighted by Gasteiger charge is -2.21. The second-order valence-corrected chi connectivity index (χ2v) is 7.03. The van der Waals surface area contributed by atoms with Gasteiger partial charge in [0.05, 0.1) is 25.6 Å². The molecule has 0 radical (unpaired) electrons. The Labute approximate surface area is 144 Å². The minimum Gasteiger partial charge on any atom is -0.491 e. The first kappa shape index (κ1) is 20.0. The molecule has 24 heavy (non-hydrogen) atoms. The summed E-state index contributed by atoms with van der Waals surface area (Å²) in [6.45, 7) is 9.31. The first-order valence-corrected chi connectivity index (χ1v) is 8.16. The highest BCUT2D eigenvalue weighted by molar-refractivity contribution is 5.80. The molecule has 1 unspecified atom stereocenters. The van der Waals surface area contributed by atoms with Crippen LogP contribution in [0.5, 0.6) is 5.75 Å². The van der Waals surface area contributed by atoms with E-state index in [1.165, 1.54) is 7.11 Å². The monoisotopic (exact) mass is 336 g/mol. The lowest BCUT2D eigenvalue weighted by molar-refractivity contribution is -0.160. The van der Waals surface area contributed by atoms with Crippen molar-refractivity contribution in [3.05, 3.63) is 29.8 Å². The van der Waals surface area contributed by atoms with Crippen molar-refractivity contribution in [2.24, 2.45) is 5.92 Å². The largest absolute Gasteiger partial charge is 0.491 e. The van der Waals surface area contributed by atoms with Crippen molar-refractivity contribution in [2.75, 3.05) is 7.11 Å². The van der Waals surface area contributed by atoms with E-state index < -0.39 is 23.5 Å².